The van der Waals surface area contributed by atoms with Crippen LogP contribution in [0.1, 0.15) is 12.7 Å². The van der Waals surface area contributed by atoms with Gasteiger partial charge >= 0.3 is 6.61 Å². The molecule has 0 amide bonds. The summed E-state index contributed by atoms with van der Waals surface area (Å²) < 4.78 is 44.4. The minimum absolute atomic E-state index is 0.00523. The molecule has 4 heterocycles. The molecule has 1 aliphatic heterocycles. The molecule has 218 valence electrons. The summed E-state index contributed by atoms with van der Waals surface area (Å²) in [5, 5.41) is 0.716. The molecule has 5 aromatic rings. The van der Waals surface area contributed by atoms with Crippen molar-refractivity contribution in [3.8, 4) is 28.4 Å². The Balaban J connectivity index is 1.43. The van der Waals surface area contributed by atoms with Crippen molar-refractivity contribution < 1.29 is 23.0 Å². The molecule has 0 atom stereocenters. The Hall–Kier alpha value is -4.35. The molecule has 0 unspecified atom stereocenters. The van der Waals surface area contributed by atoms with Gasteiger partial charge in [-0.1, -0.05) is 6.07 Å². The quantitative estimate of drug-likeness (QED) is 0.231. The van der Waals surface area contributed by atoms with Crippen LogP contribution < -0.4 is 15.0 Å². The molecule has 6 rings (SSSR count). The number of imidazole rings is 1. The van der Waals surface area contributed by atoms with E-state index in [1.54, 1.807) is 18.2 Å². The molecule has 42 heavy (non-hydrogen) atoms. The van der Waals surface area contributed by atoms with Gasteiger partial charge in [0.05, 0.1) is 43.1 Å². The van der Waals surface area contributed by atoms with Crippen molar-refractivity contribution >= 4 is 22.1 Å². The molecule has 3 aromatic heterocycles. The normalized spacial score (nSPS) is 13.8. The van der Waals surface area contributed by atoms with Gasteiger partial charge in [0.15, 0.2) is 5.65 Å². The number of aromatic nitrogens is 4. The second-order valence-corrected chi connectivity index (χ2v) is 10.5. The van der Waals surface area contributed by atoms with Crippen LogP contribution >= 0.6 is 0 Å². The molecule has 0 bridgehead atoms. The lowest BCUT2D eigenvalue weighted by Gasteiger charge is -2.30. The summed E-state index contributed by atoms with van der Waals surface area (Å²) in [5.74, 6) is 1.86. The average Bonchev–Trinajstić information content (AvgIpc) is 3.25. The van der Waals surface area contributed by atoms with E-state index in [0.29, 0.717) is 47.2 Å². The zero-order chi connectivity index (χ0) is 29.4. The lowest BCUT2D eigenvalue weighted by Crippen LogP contribution is -2.37. The number of pyridine rings is 2. The topological polar surface area (TPSA) is 83.6 Å². The van der Waals surface area contributed by atoms with E-state index in [4.69, 9.17) is 14.5 Å². The summed E-state index contributed by atoms with van der Waals surface area (Å²) in [6.07, 6.45) is 0. The Labute approximate surface area is 240 Å². The number of alkyl halides is 2. The van der Waals surface area contributed by atoms with Crippen LogP contribution in [-0.4, -0.2) is 64.0 Å². The molecule has 2 aromatic carbocycles. The molecule has 0 N–H and O–H groups in total. The van der Waals surface area contributed by atoms with Crippen LogP contribution in [0.5, 0.6) is 11.6 Å². The van der Waals surface area contributed by atoms with Crippen LogP contribution in [-0.2, 0) is 18.3 Å². The van der Waals surface area contributed by atoms with Gasteiger partial charge in [0.1, 0.15) is 11.6 Å². The van der Waals surface area contributed by atoms with Crippen LogP contribution in [0, 0.1) is 5.92 Å². The first-order valence-corrected chi connectivity index (χ1v) is 13.8. The second kappa shape index (κ2) is 11.5. The van der Waals surface area contributed by atoms with Gasteiger partial charge in [-0.25, -0.2) is 4.98 Å². The highest BCUT2D eigenvalue weighted by atomic mass is 19.3. The summed E-state index contributed by atoms with van der Waals surface area (Å²) >= 11 is 0. The van der Waals surface area contributed by atoms with Crippen molar-refractivity contribution in [3.05, 3.63) is 76.8 Å². The first-order valence-electron chi connectivity index (χ1n) is 13.8. The maximum atomic E-state index is 14.1. The van der Waals surface area contributed by atoms with Crippen molar-refractivity contribution in [1.29, 1.82) is 0 Å². The van der Waals surface area contributed by atoms with E-state index in [0.717, 1.165) is 42.2 Å². The number of nitrogens with zero attached hydrogens (tertiary/aromatic N) is 5. The van der Waals surface area contributed by atoms with Crippen molar-refractivity contribution in [3.63, 3.8) is 0 Å². The van der Waals surface area contributed by atoms with Crippen molar-refractivity contribution in [2.45, 2.75) is 20.1 Å². The summed E-state index contributed by atoms with van der Waals surface area (Å²) in [5.41, 5.74) is 3.48. The molecule has 9 nitrogen and oxygen atoms in total. The predicted molar refractivity (Wildman–Crippen MR) is 155 cm³/mol. The zero-order valence-electron chi connectivity index (χ0n) is 23.6. The van der Waals surface area contributed by atoms with Gasteiger partial charge in [-0.2, -0.15) is 13.8 Å². The van der Waals surface area contributed by atoms with Crippen LogP contribution in [0.3, 0.4) is 0 Å². The monoisotopic (exact) mass is 575 g/mol. The van der Waals surface area contributed by atoms with Gasteiger partial charge < -0.3 is 18.8 Å². The molecule has 1 fully saturated rings. The lowest BCUT2D eigenvalue weighted by atomic mass is 10.0. The number of ether oxygens (including phenoxy) is 3. The van der Waals surface area contributed by atoms with E-state index in [1.165, 1.54) is 16.7 Å². The number of hydrogen-bond acceptors (Lipinski definition) is 7. The van der Waals surface area contributed by atoms with Crippen LogP contribution in [0.2, 0.25) is 0 Å². The summed E-state index contributed by atoms with van der Waals surface area (Å²) in [4.78, 5) is 25.8. The number of aryl methyl sites for hydroxylation is 1. The van der Waals surface area contributed by atoms with Gasteiger partial charge in [-0.05, 0) is 68.1 Å². The third kappa shape index (κ3) is 5.45. The number of benzene rings is 2. The first kappa shape index (κ1) is 27.8. The maximum absolute atomic E-state index is 14.1. The van der Waals surface area contributed by atoms with Crippen molar-refractivity contribution in [1.82, 2.24) is 24.0 Å². The summed E-state index contributed by atoms with van der Waals surface area (Å²) in [6.45, 7) is 2.56. The molecule has 0 radical (unpaired) electrons. The van der Waals surface area contributed by atoms with E-state index in [9.17, 15) is 13.6 Å². The Kier molecular flexibility index (Phi) is 7.61. The highest BCUT2D eigenvalue weighted by Gasteiger charge is 2.21. The lowest BCUT2D eigenvalue weighted by molar-refractivity contribution is -0.0498. The van der Waals surface area contributed by atoms with Gasteiger partial charge in [-0.3, -0.25) is 14.3 Å². The van der Waals surface area contributed by atoms with Crippen molar-refractivity contribution in [2.75, 3.05) is 33.4 Å². The fourth-order valence-electron chi connectivity index (χ4n) is 5.30. The fraction of sp³-hybridized carbons (Fsp3) is 0.323. The molecule has 0 aliphatic carbocycles. The van der Waals surface area contributed by atoms with Crippen LogP contribution in [0.25, 0.3) is 38.9 Å². The molecule has 1 saturated heterocycles. The molecule has 11 heteroatoms. The predicted octanol–water partition coefficient (Wildman–Crippen LogP) is 5.02. The molecular weight excluding hydrogens is 544 g/mol. The Morgan fingerprint density at radius 2 is 1.86 bits per heavy atom. The minimum Gasteiger partial charge on any atom is -0.478 e. The third-order valence-corrected chi connectivity index (χ3v) is 7.41. The number of rotatable bonds is 10. The Morgan fingerprint density at radius 3 is 2.55 bits per heavy atom. The average molecular weight is 576 g/mol. The largest absolute Gasteiger partial charge is 0.478 e. The van der Waals surface area contributed by atoms with E-state index >= 15 is 0 Å². The molecule has 1 aliphatic rings. The maximum Gasteiger partial charge on any atom is 0.387 e. The minimum atomic E-state index is -2.95. The zero-order valence-corrected chi connectivity index (χ0v) is 23.6. The number of hydrogen-bond donors (Lipinski definition) is 0. The van der Waals surface area contributed by atoms with Crippen LogP contribution in [0.4, 0.5) is 8.78 Å². The first-order chi connectivity index (χ1) is 20.3. The molecular formula is C31H31F2N5O4. The second-order valence-electron chi connectivity index (χ2n) is 10.5. The molecule has 0 spiro atoms. The van der Waals surface area contributed by atoms with E-state index in [1.807, 2.05) is 44.3 Å². The van der Waals surface area contributed by atoms with Crippen molar-refractivity contribution in [2.24, 2.45) is 13.0 Å². The van der Waals surface area contributed by atoms with Gasteiger partial charge in [-0.15, -0.1) is 0 Å². The standard InChI is InChI=1S/C31H31F2N5O4/c1-4-41-28-12-6-21-13-24(30(39)38(29(21)35-28)22-7-9-23(10-8-22)42-31(32)33)20-5-11-25-26(14-20)37(3)27(34-25)16-36(2)15-19-17-40-18-19/h5-14,19,31H,4,15-18H2,1-3H3. The number of fused-ring (bicyclic) bond motifs is 2. The smallest absolute Gasteiger partial charge is 0.387 e. The highest BCUT2D eigenvalue weighted by Crippen LogP contribution is 2.28. The SMILES string of the molecule is CCOc1ccc2cc(-c3ccc4nc(CN(C)CC5COC5)n(C)c4c3)c(=O)n(-c3ccc(OC(F)F)cc3)c2n1. The van der Waals surface area contributed by atoms with E-state index in [-0.39, 0.29) is 11.3 Å². The highest BCUT2D eigenvalue weighted by molar-refractivity contribution is 5.87. The van der Waals surface area contributed by atoms with E-state index < -0.39 is 6.61 Å². The fourth-order valence-corrected chi connectivity index (χ4v) is 5.30. The van der Waals surface area contributed by atoms with Gasteiger partial charge in [0.25, 0.3) is 5.56 Å². The van der Waals surface area contributed by atoms with Gasteiger partial charge in [0, 0.05) is 36.5 Å². The molecule has 0 saturated carbocycles. The summed E-state index contributed by atoms with van der Waals surface area (Å²) in [6, 6.07) is 17.1. The third-order valence-electron chi connectivity index (χ3n) is 7.41. The number of halogens is 2. The van der Waals surface area contributed by atoms with E-state index in [2.05, 4.69) is 26.2 Å². The van der Waals surface area contributed by atoms with Gasteiger partial charge in [0.2, 0.25) is 5.88 Å². The van der Waals surface area contributed by atoms with Crippen LogP contribution in [0.15, 0.2) is 65.5 Å². The Morgan fingerprint density at radius 1 is 1.07 bits per heavy atom. The Bertz CT molecular complexity index is 1800. The summed E-state index contributed by atoms with van der Waals surface area (Å²) in [7, 11) is 4.06.